The average Bonchev–Trinajstić information content (AvgIpc) is 2.57. The number of aromatic nitrogens is 2. The Bertz CT molecular complexity index is 760. The van der Waals surface area contributed by atoms with Crippen LogP contribution in [0.2, 0.25) is 0 Å². The van der Waals surface area contributed by atoms with Crippen LogP contribution in [0.25, 0.3) is 11.1 Å². The van der Waals surface area contributed by atoms with Gasteiger partial charge in [-0.15, -0.1) is 0 Å². The summed E-state index contributed by atoms with van der Waals surface area (Å²) in [5.74, 6) is -0.0776. The van der Waals surface area contributed by atoms with E-state index in [2.05, 4.69) is 20.0 Å². The molecule has 0 atom stereocenters. The molecule has 0 spiro atoms. The molecule has 2 aromatic rings. The summed E-state index contributed by atoms with van der Waals surface area (Å²) >= 11 is 0. The lowest BCUT2D eigenvalue weighted by atomic mass is 10.1. The zero-order valence-corrected chi connectivity index (χ0v) is 13.1. The van der Waals surface area contributed by atoms with Gasteiger partial charge in [0.1, 0.15) is 5.82 Å². The summed E-state index contributed by atoms with van der Waals surface area (Å²) in [6.07, 6.45) is 0.426. The highest BCUT2D eigenvalue weighted by molar-refractivity contribution is 5.98. The molecule has 1 N–H and O–H groups in total. The quantitative estimate of drug-likeness (QED) is 0.808. The fourth-order valence-electron chi connectivity index (χ4n) is 2.33. The third kappa shape index (κ3) is 3.87. The Morgan fingerprint density at radius 2 is 1.96 bits per heavy atom. The van der Waals surface area contributed by atoms with E-state index in [0.29, 0.717) is 35.9 Å². The Labute approximate surface area is 141 Å². The van der Waals surface area contributed by atoms with Crippen molar-refractivity contribution in [1.82, 2.24) is 9.97 Å². The minimum absolute atomic E-state index is 0.203. The lowest BCUT2D eigenvalue weighted by Gasteiger charge is -2.31. The van der Waals surface area contributed by atoms with Crippen LogP contribution in [0.15, 0.2) is 35.7 Å². The van der Waals surface area contributed by atoms with E-state index in [1.807, 2.05) is 0 Å². The predicted molar refractivity (Wildman–Crippen MR) is 85.0 cm³/mol. The van der Waals surface area contributed by atoms with Gasteiger partial charge in [0.25, 0.3) is 6.43 Å². The predicted octanol–water partition coefficient (Wildman–Crippen LogP) is 2.23. The first-order valence-electron chi connectivity index (χ1n) is 7.50. The number of hydrogen-bond donors (Lipinski definition) is 1. The van der Waals surface area contributed by atoms with Crippen molar-refractivity contribution in [3.63, 3.8) is 0 Å². The minimum Gasteiger partial charge on any atom is -0.392 e. The monoisotopic (exact) mass is 352 g/mol. The molecule has 1 fully saturated rings. The van der Waals surface area contributed by atoms with E-state index in [1.54, 1.807) is 17.0 Å². The highest BCUT2D eigenvalue weighted by Crippen LogP contribution is 2.25. The van der Waals surface area contributed by atoms with Gasteiger partial charge < -0.3 is 14.8 Å². The van der Waals surface area contributed by atoms with Crippen molar-refractivity contribution in [3.8, 4) is 11.1 Å². The summed E-state index contributed by atoms with van der Waals surface area (Å²) in [5.41, 5.74) is 1.62. The van der Waals surface area contributed by atoms with Gasteiger partial charge in [0.15, 0.2) is 6.61 Å². The SMILES string of the molecule is OCc1cccc(-c2cnc(N3CC(=NOCC(F)F)C3)nc2)c1F. The Balaban J connectivity index is 1.64. The van der Waals surface area contributed by atoms with Crippen molar-refractivity contribution >= 4 is 11.7 Å². The van der Waals surface area contributed by atoms with Gasteiger partial charge in [0, 0.05) is 29.1 Å². The van der Waals surface area contributed by atoms with Gasteiger partial charge >= 0.3 is 0 Å². The van der Waals surface area contributed by atoms with Crippen LogP contribution in [0, 0.1) is 5.82 Å². The molecule has 9 heteroatoms. The van der Waals surface area contributed by atoms with Crippen molar-refractivity contribution in [2.24, 2.45) is 5.16 Å². The van der Waals surface area contributed by atoms with Crippen LogP contribution in [0.4, 0.5) is 19.1 Å². The maximum atomic E-state index is 14.2. The summed E-state index contributed by atoms with van der Waals surface area (Å²) in [6.45, 7) is -0.344. The fraction of sp³-hybridized carbons (Fsp3) is 0.312. The first-order valence-corrected chi connectivity index (χ1v) is 7.50. The lowest BCUT2D eigenvalue weighted by molar-refractivity contribution is 0.0197. The second-order valence-electron chi connectivity index (χ2n) is 5.41. The number of hydrogen-bond acceptors (Lipinski definition) is 6. The fourth-order valence-corrected chi connectivity index (χ4v) is 2.33. The van der Waals surface area contributed by atoms with Crippen molar-refractivity contribution in [1.29, 1.82) is 0 Å². The number of oxime groups is 1. The van der Waals surface area contributed by atoms with Crippen molar-refractivity contribution < 1.29 is 23.1 Å². The van der Waals surface area contributed by atoms with Crippen LogP contribution in [0.5, 0.6) is 0 Å². The van der Waals surface area contributed by atoms with E-state index < -0.39 is 18.8 Å². The Hall–Kier alpha value is -2.68. The smallest absolute Gasteiger partial charge is 0.274 e. The standard InChI is InChI=1S/C16H15F3N4O2/c17-14(18)9-25-22-12-6-23(7-12)16-20-4-11(5-21-16)13-3-1-2-10(8-24)15(13)19/h1-5,14,24H,6-9H2. The van der Waals surface area contributed by atoms with Crippen LogP contribution in [0.3, 0.4) is 0 Å². The van der Waals surface area contributed by atoms with Crippen LogP contribution in [-0.2, 0) is 11.4 Å². The molecule has 25 heavy (non-hydrogen) atoms. The van der Waals surface area contributed by atoms with E-state index in [4.69, 9.17) is 5.11 Å². The minimum atomic E-state index is -2.55. The van der Waals surface area contributed by atoms with Crippen LogP contribution in [-0.4, -0.2) is 46.9 Å². The summed E-state index contributed by atoms with van der Waals surface area (Å²) in [6, 6.07) is 4.74. The molecular formula is C16H15F3N4O2. The highest BCUT2D eigenvalue weighted by Gasteiger charge is 2.25. The Morgan fingerprint density at radius 1 is 1.24 bits per heavy atom. The molecule has 1 aromatic carbocycles. The molecule has 0 bridgehead atoms. The molecule has 3 rings (SSSR count). The van der Waals surface area contributed by atoms with Crippen molar-refractivity contribution in [3.05, 3.63) is 42.0 Å². The molecule has 1 aromatic heterocycles. The number of aliphatic hydroxyl groups excluding tert-OH is 1. The molecule has 6 nitrogen and oxygen atoms in total. The first-order chi connectivity index (χ1) is 12.1. The van der Waals surface area contributed by atoms with Crippen LogP contribution >= 0.6 is 0 Å². The number of halogens is 3. The second kappa shape index (κ2) is 7.47. The van der Waals surface area contributed by atoms with E-state index in [1.165, 1.54) is 18.5 Å². The summed E-state index contributed by atoms with van der Waals surface area (Å²) in [4.78, 5) is 14.6. The number of benzene rings is 1. The zero-order valence-electron chi connectivity index (χ0n) is 13.1. The molecule has 1 aliphatic rings. The second-order valence-corrected chi connectivity index (χ2v) is 5.41. The number of aliphatic hydroxyl groups is 1. The molecule has 2 heterocycles. The first kappa shape index (κ1) is 17.2. The summed E-state index contributed by atoms with van der Waals surface area (Å²) in [7, 11) is 0. The topological polar surface area (TPSA) is 70.8 Å². The van der Waals surface area contributed by atoms with Gasteiger partial charge in [-0.05, 0) is 0 Å². The van der Waals surface area contributed by atoms with Gasteiger partial charge in [-0.25, -0.2) is 23.1 Å². The summed E-state index contributed by atoms with van der Waals surface area (Å²) in [5, 5.41) is 12.7. The molecule has 1 saturated heterocycles. The number of anilines is 1. The molecule has 0 saturated carbocycles. The lowest BCUT2D eigenvalue weighted by Crippen LogP contribution is -2.48. The Morgan fingerprint density at radius 3 is 2.60 bits per heavy atom. The van der Waals surface area contributed by atoms with Gasteiger partial charge in [-0.3, -0.25) is 0 Å². The normalized spacial score (nSPS) is 13.8. The number of alkyl halides is 2. The van der Waals surface area contributed by atoms with E-state index in [9.17, 15) is 13.2 Å². The molecular weight excluding hydrogens is 337 g/mol. The zero-order chi connectivity index (χ0) is 17.8. The van der Waals surface area contributed by atoms with Crippen molar-refractivity contribution in [2.75, 3.05) is 24.6 Å². The van der Waals surface area contributed by atoms with E-state index in [-0.39, 0.29) is 12.2 Å². The Kier molecular flexibility index (Phi) is 5.13. The van der Waals surface area contributed by atoms with E-state index in [0.717, 1.165) is 0 Å². The van der Waals surface area contributed by atoms with Gasteiger partial charge in [0.2, 0.25) is 5.95 Å². The van der Waals surface area contributed by atoms with Crippen LogP contribution < -0.4 is 4.90 Å². The third-order valence-corrected chi connectivity index (χ3v) is 3.62. The molecule has 132 valence electrons. The third-order valence-electron chi connectivity index (χ3n) is 3.62. The number of nitrogens with zero attached hydrogens (tertiary/aromatic N) is 4. The van der Waals surface area contributed by atoms with Gasteiger partial charge in [0.05, 0.1) is 25.4 Å². The number of rotatable bonds is 6. The van der Waals surface area contributed by atoms with Gasteiger partial charge in [-0.1, -0.05) is 23.4 Å². The van der Waals surface area contributed by atoms with Gasteiger partial charge in [-0.2, -0.15) is 0 Å². The summed E-state index contributed by atoms with van der Waals surface area (Å²) < 4.78 is 38.1. The van der Waals surface area contributed by atoms with Crippen molar-refractivity contribution in [2.45, 2.75) is 13.0 Å². The van der Waals surface area contributed by atoms with Crippen LogP contribution in [0.1, 0.15) is 5.56 Å². The molecule has 0 amide bonds. The molecule has 0 unspecified atom stereocenters. The largest absolute Gasteiger partial charge is 0.392 e. The van der Waals surface area contributed by atoms with E-state index >= 15 is 0 Å². The molecule has 0 aliphatic carbocycles. The molecule has 1 aliphatic heterocycles. The maximum Gasteiger partial charge on any atom is 0.274 e. The maximum absolute atomic E-state index is 14.2. The molecule has 0 radical (unpaired) electrons. The average molecular weight is 352 g/mol. The highest BCUT2D eigenvalue weighted by atomic mass is 19.3.